The van der Waals surface area contributed by atoms with E-state index in [2.05, 4.69) is 57.2 Å². The molecule has 0 bridgehead atoms. The van der Waals surface area contributed by atoms with Crippen molar-refractivity contribution < 1.29 is 28.6 Å². The highest BCUT2D eigenvalue weighted by molar-refractivity contribution is 5.71. The van der Waals surface area contributed by atoms with Crippen molar-refractivity contribution in [3.8, 4) is 0 Å². The molecule has 0 aliphatic rings. The number of rotatable bonds is 67. The largest absolute Gasteiger partial charge is 0.462 e. The van der Waals surface area contributed by atoms with Crippen LogP contribution >= 0.6 is 0 Å². The second kappa shape index (κ2) is 69.1. The molecule has 0 saturated heterocycles. The number of hydrogen-bond donors (Lipinski definition) is 0. The van der Waals surface area contributed by atoms with Crippen molar-refractivity contribution in [3.63, 3.8) is 0 Å². The van der Waals surface area contributed by atoms with Crippen molar-refractivity contribution >= 4 is 17.9 Å². The first-order valence-corrected chi connectivity index (χ1v) is 36.0. The smallest absolute Gasteiger partial charge is 0.306 e. The number of carbonyl (C=O) groups excluding carboxylic acids is 3. The summed E-state index contributed by atoms with van der Waals surface area (Å²) in [6.45, 7) is 6.68. The lowest BCUT2D eigenvalue weighted by molar-refractivity contribution is -0.167. The summed E-state index contributed by atoms with van der Waals surface area (Å²) in [7, 11) is 0. The molecule has 0 heterocycles. The number of esters is 3. The van der Waals surface area contributed by atoms with Crippen LogP contribution in [0.3, 0.4) is 0 Å². The fraction of sp³-hybridized carbons (Fsp3) is 0.878. The molecule has 0 aromatic heterocycles. The van der Waals surface area contributed by atoms with Gasteiger partial charge in [-0.05, 0) is 57.8 Å². The Bertz CT molecular complexity index is 1340. The van der Waals surface area contributed by atoms with Crippen LogP contribution in [0.4, 0.5) is 0 Å². The zero-order valence-corrected chi connectivity index (χ0v) is 54.1. The molecular formula is C74H138O6. The predicted molar refractivity (Wildman–Crippen MR) is 349 cm³/mol. The molecule has 1 atom stereocenters. The van der Waals surface area contributed by atoms with E-state index < -0.39 is 6.10 Å². The van der Waals surface area contributed by atoms with Crippen molar-refractivity contribution in [2.45, 2.75) is 406 Å². The minimum atomic E-state index is -0.769. The molecule has 0 amide bonds. The molecule has 80 heavy (non-hydrogen) atoms. The van der Waals surface area contributed by atoms with Crippen LogP contribution in [0.1, 0.15) is 400 Å². The third-order valence-electron chi connectivity index (χ3n) is 16.4. The van der Waals surface area contributed by atoms with E-state index in [1.54, 1.807) is 0 Å². The molecule has 1 unspecified atom stereocenters. The van der Waals surface area contributed by atoms with Gasteiger partial charge >= 0.3 is 17.9 Å². The third kappa shape index (κ3) is 66.4. The Morgan fingerprint density at radius 3 is 0.700 bits per heavy atom. The van der Waals surface area contributed by atoms with E-state index >= 15 is 0 Å². The zero-order chi connectivity index (χ0) is 57.8. The van der Waals surface area contributed by atoms with Crippen LogP contribution in [0.25, 0.3) is 0 Å². The summed E-state index contributed by atoms with van der Waals surface area (Å²) >= 11 is 0. The van der Waals surface area contributed by atoms with E-state index in [-0.39, 0.29) is 31.1 Å². The minimum Gasteiger partial charge on any atom is -0.462 e. The third-order valence-corrected chi connectivity index (χ3v) is 16.4. The number of carbonyl (C=O) groups is 3. The van der Waals surface area contributed by atoms with Gasteiger partial charge in [0.2, 0.25) is 0 Å². The molecule has 470 valence electrons. The molecule has 0 N–H and O–H groups in total. The first-order valence-electron chi connectivity index (χ1n) is 36.0. The second-order valence-corrected chi connectivity index (χ2v) is 24.5. The standard InChI is InChI=1S/C74H138O6/c1-4-7-10-13-16-19-21-23-25-27-29-31-33-35-37-39-40-42-44-46-48-50-52-55-58-61-64-67-73(76)79-70-71(69-78-72(75)66-63-60-57-54-18-15-12-9-6-3)80-74(77)68-65-62-59-56-53-51-49-47-45-43-41-38-36-34-32-30-28-26-24-22-20-17-14-11-8-5-2/h21,23,27,29,33,35,71H,4-20,22,24-26,28,30-32,34,36-70H2,1-3H3/b23-21-,29-27-,35-33-. The van der Waals surface area contributed by atoms with Crippen molar-refractivity contribution in [2.24, 2.45) is 0 Å². The van der Waals surface area contributed by atoms with Gasteiger partial charge in [0.15, 0.2) is 6.10 Å². The lowest BCUT2D eigenvalue weighted by Crippen LogP contribution is -2.30. The summed E-state index contributed by atoms with van der Waals surface area (Å²) in [4.78, 5) is 38.3. The lowest BCUT2D eigenvalue weighted by Gasteiger charge is -2.18. The average molecular weight is 1120 g/mol. The minimum absolute atomic E-state index is 0.0668. The fourth-order valence-corrected chi connectivity index (χ4v) is 11.0. The van der Waals surface area contributed by atoms with Crippen molar-refractivity contribution in [1.29, 1.82) is 0 Å². The van der Waals surface area contributed by atoms with Crippen LogP contribution in [-0.2, 0) is 28.6 Å². The first-order chi connectivity index (χ1) is 39.5. The molecule has 0 fully saturated rings. The Balaban J connectivity index is 4.11. The zero-order valence-electron chi connectivity index (χ0n) is 54.1. The quantitative estimate of drug-likeness (QED) is 0.0261. The Hall–Kier alpha value is -2.37. The van der Waals surface area contributed by atoms with E-state index in [1.165, 1.54) is 289 Å². The van der Waals surface area contributed by atoms with Crippen molar-refractivity contribution in [3.05, 3.63) is 36.5 Å². The van der Waals surface area contributed by atoms with Gasteiger partial charge in [-0.3, -0.25) is 14.4 Å². The van der Waals surface area contributed by atoms with E-state index in [0.717, 1.165) is 70.6 Å². The number of unbranched alkanes of at least 4 members (excludes halogenated alkanes) is 50. The van der Waals surface area contributed by atoms with E-state index in [4.69, 9.17) is 14.2 Å². The highest BCUT2D eigenvalue weighted by Crippen LogP contribution is 2.19. The maximum Gasteiger partial charge on any atom is 0.306 e. The monoisotopic (exact) mass is 1120 g/mol. The molecule has 6 heteroatoms. The fourth-order valence-electron chi connectivity index (χ4n) is 11.0. The maximum atomic E-state index is 12.9. The van der Waals surface area contributed by atoms with Crippen molar-refractivity contribution in [2.75, 3.05) is 13.2 Å². The highest BCUT2D eigenvalue weighted by atomic mass is 16.6. The van der Waals surface area contributed by atoms with Gasteiger partial charge in [0.25, 0.3) is 0 Å². The summed E-state index contributed by atoms with van der Waals surface area (Å²) in [5.74, 6) is -0.843. The van der Waals surface area contributed by atoms with Gasteiger partial charge in [0, 0.05) is 19.3 Å². The molecule has 6 nitrogen and oxygen atoms in total. The average Bonchev–Trinajstić information content (AvgIpc) is 3.46. The van der Waals surface area contributed by atoms with Crippen LogP contribution in [0.5, 0.6) is 0 Å². The van der Waals surface area contributed by atoms with Gasteiger partial charge in [0.05, 0.1) is 0 Å². The summed E-state index contributed by atoms with van der Waals surface area (Å²) in [6.07, 6.45) is 86.2. The number of allylic oxidation sites excluding steroid dienone is 6. The van der Waals surface area contributed by atoms with Gasteiger partial charge in [-0.2, -0.15) is 0 Å². The van der Waals surface area contributed by atoms with E-state index in [1.807, 2.05) is 0 Å². The summed E-state index contributed by atoms with van der Waals surface area (Å²) in [5, 5.41) is 0. The Kier molecular flexibility index (Phi) is 67.1. The molecule has 0 aliphatic carbocycles. The second-order valence-electron chi connectivity index (χ2n) is 24.5. The first kappa shape index (κ1) is 77.6. The van der Waals surface area contributed by atoms with E-state index in [0.29, 0.717) is 19.3 Å². The Morgan fingerprint density at radius 2 is 0.450 bits per heavy atom. The Morgan fingerprint density at radius 1 is 0.250 bits per heavy atom. The molecule has 0 aromatic rings. The molecule has 0 spiro atoms. The molecular weight excluding hydrogens is 985 g/mol. The number of hydrogen-bond acceptors (Lipinski definition) is 6. The van der Waals surface area contributed by atoms with Gasteiger partial charge in [-0.15, -0.1) is 0 Å². The maximum absolute atomic E-state index is 12.9. The lowest BCUT2D eigenvalue weighted by atomic mass is 10.0. The molecule has 0 rings (SSSR count). The molecule has 0 radical (unpaired) electrons. The molecule has 0 aliphatic heterocycles. The summed E-state index contributed by atoms with van der Waals surface area (Å²) < 4.78 is 16.9. The summed E-state index contributed by atoms with van der Waals surface area (Å²) in [5.41, 5.74) is 0. The van der Waals surface area contributed by atoms with Crippen LogP contribution in [0.2, 0.25) is 0 Å². The highest BCUT2D eigenvalue weighted by Gasteiger charge is 2.19. The van der Waals surface area contributed by atoms with Gasteiger partial charge in [-0.1, -0.05) is 359 Å². The normalized spacial score (nSPS) is 12.2. The van der Waals surface area contributed by atoms with Crippen LogP contribution in [-0.4, -0.2) is 37.2 Å². The van der Waals surface area contributed by atoms with E-state index in [9.17, 15) is 14.4 Å². The Labute approximate surface area is 499 Å². The van der Waals surface area contributed by atoms with Crippen LogP contribution in [0, 0.1) is 0 Å². The number of ether oxygens (including phenoxy) is 3. The molecule has 0 saturated carbocycles. The van der Waals surface area contributed by atoms with Gasteiger partial charge in [0.1, 0.15) is 13.2 Å². The van der Waals surface area contributed by atoms with Crippen LogP contribution < -0.4 is 0 Å². The molecule has 0 aromatic carbocycles. The van der Waals surface area contributed by atoms with Gasteiger partial charge < -0.3 is 14.2 Å². The summed E-state index contributed by atoms with van der Waals surface area (Å²) in [6, 6.07) is 0. The predicted octanol–water partition coefficient (Wildman–Crippen LogP) is 24.7. The van der Waals surface area contributed by atoms with Crippen molar-refractivity contribution in [1.82, 2.24) is 0 Å². The SMILES string of the molecule is CCCCCCC/C=C\C/C=C\C/C=C\CCCCCCCCCCCCCCC(=O)OCC(COC(=O)CCCCCCCCCCC)OC(=O)CCCCCCCCCCCCCCCCCCCCCCCCCCCC. The van der Waals surface area contributed by atoms with Crippen LogP contribution in [0.15, 0.2) is 36.5 Å². The van der Waals surface area contributed by atoms with Gasteiger partial charge in [-0.25, -0.2) is 0 Å². The topological polar surface area (TPSA) is 78.9 Å².